The van der Waals surface area contributed by atoms with Crippen molar-refractivity contribution in [1.82, 2.24) is 10.2 Å². The van der Waals surface area contributed by atoms with E-state index in [9.17, 15) is 4.79 Å². The third-order valence-electron chi connectivity index (χ3n) is 4.38. The lowest BCUT2D eigenvalue weighted by molar-refractivity contribution is 0.102. The minimum Gasteiger partial charge on any atom is -0.378 e. The highest BCUT2D eigenvalue weighted by molar-refractivity contribution is 6.02. The maximum atomic E-state index is 12.4. The molecule has 0 bridgehead atoms. The Kier molecular flexibility index (Phi) is 5.89. The molecule has 6 nitrogen and oxygen atoms in total. The average molecular weight is 375 g/mol. The van der Waals surface area contributed by atoms with Gasteiger partial charge in [0.15, 0.2) is 11.5 Å². The van der Waals surface area contributed by atoms with E-state index in [4.69, 9.17) is 0 Å². The molecule has 28 heavy (non-hydrogen) atoms. The van der Waals surface area contributed by atoms with Crippen molar-refractivity contribution in [3.05, 3.63) is 71.9 Å². The van der Waals surface area contributed by atoms with E-state index in [1.807, 2.05) is 61.5 Å². The van der Waals surface area contributed by atoms with E-state index in [1.54, 1.807) is 12.1 Å². The Bertz CT molecular complexity index is 934. The van der Waals surface area contributed by atoms with Gasteiger partial charge in [0.25, 0.3) is 5.91 Å². The predicted molar refractivity (Wildman–Crippen MR) is 115 cm³/mol. The van der Waals surface area contributed by atoms with Gasteiger partial charge in [0.2, 0.25) is 0 Å². The minimum atomic E-state index is -0.292. The molecule has 0 unspecified atom stereocenters. The molecule has 0 aliphatic carbocycles. The highest BCUT2D eigenvalue weighted by Gasteiger charge is 2.11. The smallest absolute Gasteiger partial charge is 0.276 e. The number of nitrogens with one attached hydrogen (secondary N) is 2. The summed E-state index contributed by atoms with van der Waals surface area (Å²) in [6.45, 7) is 4.29. The number of carbonyl (C=O) groups excluding carboxylic acids is 1. The summed E-state index contributed by atoms with van der Waals surface area (Å²) >= 11 is 0. The number of para-hydroxylation sites is 1. The molecule has 144 valence electrons. The molecule has 1 aromatic heterocycles. The summed E-state index contributed by atoms with van der Waals surface area (Å²) in [5, 5.41) is 14.3. The zero-order valence-electron chi connectivity index (χ0n) is 16.6. The van der Waals surface area contributed by atoms with Crippen molar-refractivity contribution in [3.8, 4) is 0 Å². The average Bonchev–Trinajstić information content (AvgIpc) is 2.69. The summed E-state index contributed by atoms with van der Waals surface area (Å²) in [5.74, 6) is 0.694. The van der Waals surface area contributed by atoms with Gasteiger partial charge in [-0.3, -0.25) is 4.79 Å². The molecule has 0 spiro atoms. The van der Waals surface area contributed by atoms with Crippen molar-refractivity contribution in [1.29, 1.82) is 0 Å². The maximum Gasteiger partial charge on any atom is 0.276 e. The fraction of sp³-hybridized carbons (Fsp3) is 0.227. The number of carbonyl (C=O) groups is 1. The number of hydrogen-bond donors (Lipinski definition) is 2. The molecule has 0 saturated heterocycles. The van der Waals surface area contributed by atoms with Crippen LogP contribution >= 0.6 is 0 Å². The first-order chi connectivity index (χ1) is 13.4. The summed E-state index contributed by atoms with van der Waals surface area (Å²) in [5.41, 5.74) is 4.23. The van der Waals surface area contributed by atoms with Gasteiger partial charge in [0, 0.05) is 31.2 Å². The third-order valence-corrected chi connectivity index (χ3v) is 4.38. The monoisotopic (exact) mass is 375 g/mol. The maximum absolute atomic E-state index is 12.4. The molecule has 0 saturated carbocycles. The Morgan fingerprint density at radius 2 is 1.64 bits per heavy atom. The van der Waals surface area contributed by atoms with Gasteiger partial charge in [-0.05, 0) is 53.9 Å². The van der Waals surface area contributed by atoms with Crippen molar-refractivity contribution in [2.45, 2.75) is 19.8 Å². The molecule has 2 aromatic carbocycles. The van der Waals surface area contributed by atoms with Crippen LogP contribution < -0.4 is 15.5 Å². The SMILES string of the molecule is CC(C)c1ccccc1Nc1ccc(C(=O)Nc2ccc(N(C)C)cc2)nn1. The third kappa shape index (κ3) is 4.65. The number of hydrogen-bond acceptors (Lipinski definition) is 5. The minimum absolute atomic E-state index is 0.263. The molecular weight excluding hydrogens is 350 g/mol. The van der Waals surface area contributed by atoms with Crippen LogP contribution in [-0.4, -0.2) is 30.2 Å². The van der Waals surface area contributed by atoms with Gasteiger partial charge in [-0.25, -0.2) is 0 Å². The van der Waals surface area contributed by atoms with Crippen molar-refractivity contribution >= 4 is 28.8 Å². The molecule has 3 rings (SSSR count). The summed E-state index contributed by atoms with van der Waals surface area (Å²) in [4.78, 5) is 14.4. The van der Waals surface area contributed by atoms with Crippen LogP contribution in [0.1, 0.15) is 35.8 Å². The fourth-order valence-electron chi connectivity index (χ4n) is 2.81. The van der Waals surface area contributed by atoms with Crippen LogP contribution in [0.25, 0.3) is 0 Å². The molecule has 2 N–H and O–H groups in total. The van der Waals surface area contributed by atoms with Crippen molar-refractivity contribution in [2.24, 2.45) is 0 Å². The Morgan fingerprint density at radius 3 is 2.25 bits per heavy atom. The van der Waals surface area contributed by atoms with Gasteiger partial charge in [-0.15, -0.1) is 10.2 Å². The summed E-state index contributed by atoms with van der Waals surface area (Å²) < 4.78 is 0. The number of aromatic nitrogens is 2. The molecular formula is C22H25N5O. The lowest BCUT2D eigenvalue weighted by Crippen LogP contribution is -2.15. The van der Waals surface area contributed by atoms with Gasteiger partial charge >= 0.3 is 0 Å². The van der Waals surface area contributed by atoms with Gasteiger partial charge in [0.1, 0.15) is 0 Å². The lowest BCUT2D eigenvalue weighted by Gasteiger charge is -2.14. The highest BCUT2D eigenvalue weighted by atomic mass is 16.1. The van der Waals surface area contributed by atoms with Crippen molar-refractivity contribution in [3.63, 3.8) is 0 Å². The van der Waals surface area contributed by atoms with Crippen LogP contribution in [0.5, 0.6) is 0 Å². The van der Waals surface area contributed by atoms with E-state index in [-0.39, 0.29) is 11.6 Å². The fourth-order valence-corrected chi connectivity index (χ4v) is 2.81. The van der Waals surface area contributed by atoms with Gasteiger partial charge < -0.3 is 15.5 Å². The lowest BCUT2D eigenvalue weighted by atomic mass is 10.0. The standard InChI is InChI=1S/C22H25N5O/c1-15(2)18-7-5-6-8-19(18)24-21-14-13-20(25-26-21)22(28)23-16-9-11-17(12-10-16)27(3)4/h5-15H,1-4H3,(H,23,28)(H,24,26). The largest absolute Gasteiger partial charge is 0.378 e. The van der Waals surface area contributed by atoms with Gasteiger partial charge in [-0.1, -0.05) is 32.0 Å². The van der Waals surface area contributed by atoms with Crippen LogP contribution in [0.4, 0.5) is 22.9 Å². The quantitative estimate of drug-likeness (QED) is 0.656. The number of benzene rings is 2. The second-order valence-corrected chi connectivity index (χ2v) is 7.07. The molecule has 1 amide bonds. The second kappa shape index (κ2) is 8.52. The van der Waals surface area contributed by atoms with E-state index < -0.39 is 0 Å². The van der Waals surface area contributed by atoms with Gasteiger partial charge in [-0.2, -0.15) is 0 Å². The van der Waals surface area contributed by atoms with E-state index in [0.29, 0.717) is 17.4 Å². The molecule has 0 aliphatic rings. The summed E-state index contributed by atoms with van der Waals surface area (Å²) in [6, 6.07) is 19.1. The second-order valence-electron chi connectivity index (χ2n) is 7.07. The van der Waals surface area contributed by atoms with E-state index in [1.165, 1.54) is 5.56 Å². The van der Waals surface area contributed by atoms with Crippen molar-refractivity contribution < 1.29 is 4.79 Å². The molecule has 6 heteroatoms. The van der Waals surface area contributed by atoms with Crippen LogP contribution in [0.15, 0.2) is 60.7 Å². The Labute approximate surface area is 165 Å². The van der Waals surface area contributed by atoms with Crippen LogP contribution in [0.3, 0.4) is 0 Å². The first-order valence-electron chi connectivity index (χ1n) is 9.22. The van der Waals surface area contributed by atoms with Crippen molar-refractivity contribution in [2.75, 3.05) is 29.6 Å². The molecule has 3 aromatic rings. The Morgan fingerprint density at radius 1 is 0.929 bits per heavy atom. The van der Waals surface area contributed by atoms with E-state index in [0.717, 1.165) is 11.4 Å². The normalized spacial score (nSPS) is 10.6. The Hall–Kier alpha value is -3.41. The van der Waals surface area contributed by atoms with E-state index in [2.05, 4.69) is 40.7 Å². The zero-order chi connectivity index (χ0) is 20.1. The van der Waals surface area contributed by atoms with Gasteiger partial charge in [0.05, 0.1) is 0 Å². The molecule has 0 atom stereocenters. The first-order valence-corrected chi connectivity index (χ1v) is 9.22. The molecule has 1 heterocycles. The van der Waals surface area contributed by atoms with Crippen LogP contribution in [-0.2, 0) is 0 Å². The summed E-state index contributed by atoms with van der Waals surface area (Å²) in [7, 11) is 3.94. The molecule has 0 radical (unpaired) electrons. The molecule has 0 fully saturated rings. The predicted octanol–water partition coefficient (Wildman–Crippen LogP) is 4.66. The van der Waals surface area contributed by atoms with Crippen LogP contribution in [0, 0.1) is 0 Å². The number of anilines is 4. The summed E-state index contributed by atoms with van der Waals surface area (Å²) in [6.07, 6.45) is 0. The zero-order valence-corrected chi connectivity index (χ0v) is 16.6. The highest BCUT2D eigenvalue weighted by Crippen LogP contribution is 2.26. The molecule has 0 aliphatic heterocycles. The number of nitrogens with zero attached hydrogens (tertiary/aromatic N) is 3. The Balaban J connectivity index is 1.68. The van der Waals surface area contributed by atoms with E-state index >= 15 is 0 Å². The number of rotatable bonds is 6. The van der Waals surface area contributed by atoms with Crippen LogP contribution in [0.2, 0.25) is 0 Å². The topological polar surface area (TPSA) is 70.2 Å². The number of amides is 1. The first kappa shape index (κ1) is 19.4.